The molecule has 0 aromatic carbocycles. The van der Waals surface area contributed by atoms with Crippen molar-refractivity contribution in [2.75, 3.05) is 38.6 Å². The minimum atomic E-state index is -0.0321. The Morgan fingerprint density at radius 2 is 2.20 bits per heavy atom. The lowest BCUT2D eigenvalue weighted by Gasteiger charge is -2.38. The summed E-state index contributed by atoms with van der Waals surface area (Å²) in [4.78, 5) is 12.0. The molecule has 8 heteroatoms. The van der Waals surface area contributed by atoms with Crippen LogP contribution in [0.25, 0.3) is 0 Å². The van der Waals surface area contributed by atoms with Gasteiger partial charge < -0.3 is 26.1 Å². The average molecular weight is 360 g/mol. The molecule has 0 bridgehead atoms. The summed E-state index contributed by atoms with van der Waals surface area (Å²) < 4.78 is 6.34. The number of anilines is 1. The first kappa shape index (κ1) is 17.8. The fourth-order valence-electron chi connectivity index (χ4n) is 3.07. The van der Waals surface area contributed by atoms with E-state index >= 15 is 0 Å². The highest BCUT2D eigenvalue weighted by atomic mass is 32.1. The van der Waals surface area contributed by atoms with Crippen molar-refractivity contribution >= 4 is 30.0 Å². The molecular weight excluding hydrogens is 336 g/mol. The van der Waals surface area contributed by atoms with Crippen LogP contribution in [0.1, 0.15) is 18.4 Å². The van der Waals surface area contributed by atoms with Crippen molar-refractivity contribution in [1.82, 2.24) is 15.6 Å². The zero-order valence-electron chi connectivity index (χ0n) is 14.1. The normalized spacial score (nSPS) is 26.2. The molecule has 1 aromatic rings. The van der Waals surface area contributed by atoms with Crippen molar-refractivity contribution in [1.29, 1.82) is 0 Å². The summed E-state index contributed by atoms with van der Waals surface area (Å²) in [5.41, 5.74) is 7.37. The Morgan fingerprint density at radius 1 is 1.28 bits per heavy atom. The molecule has 1 saturated heterocycles. The molecule has 134 valence electrons. The SMILES string of the molecule is Nc1[nH]ccc(=S)c1C1=N/C=C/NCCC2(CCN=C1)COCCN2. The first-order chi connectivity index (χ1) is 12.2. The van der Waals surface area contributed by atoms with E-state index in [0.29, 0.717) is 34.8 Å². The topological polar surface area (TPSA) is 99.8 Å². The van der Waals surface area contributed by atoms with Crippen LogP contribution in [0, 0.1) is 4.51 Å². The van der Waals surface area contributed by atoms with Gasteiger partial charge in [-0.05, 0) is 18.9 Å². The fraction of sp³-hybridized carbons (Fsp3) is 0.471. The first-order valence-corrected chi connectivity index (χ1v) is 8.87. The summed E-state index contributed by atoms with van der Waals surface area (Å²) in [6.07, 6.45) is 8.89. The Morgan fingerprint density at radius 3 is 3.00 bits per heavy atom. The molecule has 0 saturated carbocycles. The number of pyridine rings is 1. The number of nitrogens with one attached hydrogen (secondary N) is 3. The van der Waals surface area contributed by atoms with E-state index in [2.05, 4.69) is 25.6 Å². The van der Waals surface area contributed by atoms with E-state index in [-0.39, 0.29) is 5.54 Å². The Hall–Kier alpha value is -2.03. The predicted molar refractivity (Wildman–Crippen MR) is 104 cm³/mol. The molecule has 1 atom stereocenters. The lowest BCUT2D eigenvalue weighted by Crippen LogP contribution is -2.55. The zero-order chi connectivity index (χ0) is 17.5. The quantitative estimate of drug-likeness (QED) is 0.567. The Kier molecular flexibility index (Phi) is 5.95. The number of hydrogen-bond donors (Lipinski definition) is 4. The summed E-state index contributed by atoms with van der Waals surface area (Å²) in [6, 6.07) is 1.80. The van der Waals surface area contributed by atoms with Gasteiger partial charge in [0.05, 0.1) is 29.0 Å². The number of ether oxygens (including phenoxy) is 1. The van der Waals surface area contributed by atoms with Gasteiger partial charge in [-0.15, -0.1) is 0 Å². The van der Waals surface area contributed by atoms with Crippen molar-refractivity contribution in [3.63, 3.8) is 0 Å². The zero-order valence-corrected chi connectivity index (χ0v) is 14.9. The molecule has 1 unspecified atom stereocenters. The Bertz CT molecular complexity index is 733. The molecule has 0 amide bonds. The highest BCUT2D eigenvalue weighted by Gasteiger charge is 2.31. The third-order valence-electron chi connectivity index (χ3n) is 4.46. The lowest BCUT2D eigenvalue weighted by molar-refractivity contribution is 0.0206. The van der Waals surface area contributed by atoms with Gasteiger partial charge in [0.2, 0.25) is 0 Å². The molecule has 3 heterocycles. The molecule has 0 aliphatic carbocycles. The summed E-state index contributed by atoms with van der Waals surface area (Å²) in [7, 11) is 0. The second-order valence-electron chi connectivity index (χ2n) is 6.21. The van der Waals surface area contributed by atoms with Gasteiger partial charge in [0.25, 0.3) is 0 Å². The molecule has 5 N–H and O–H groups in total. The maximum Gasteiger partial charge on any atom is 0.111 e. The lowest BCUT2D eigenvalue weighted by atomic mass is 9.91. The highest BCUT2D eigenvalue weighted by Crippen LogP contribution is 2.19. The number of rotatable bonds is 1. The first-order valence-electron chi connectivity index (χ1n) is 8.47. The minimum absolute atomic E-state index is 0.0321. The van der Waals surface area contributed by atoms with E-state index in [9.17, 15) is 0 Å². The largest absolute Gasteiger partial charge is 0.390 e. The second kappa shape index (κ2) is 8.37. The third kappa shape index (κ3) is 4.53. The van der Waals surface area contributed by atoms with Crippen molar-refractivity contribution in [3.8, 4) is 0 Å². The molecule has 0 radical (unpaired) electrons. The van der Waals surface area contributed by atoms with Gasteiger partial charge >= 0.3 is 0 Å². The van der Waals surface area contributed by atoms with Crippen LogP contribution in [0.15, 0.2) is 34.6 Å². The molecule has 2 aliphatic heterocycles. The van der Waals surface area contributed by atoms with Gasteiger partial charge in [-0.1, -0.05) is 12.2 Å². The van der Waals surface area contributed by atoms with Crippen LogP contribution in [-0.2, 0) is 4.74 Å². The summed E-state index contributed by atoms with van der Waals surface area (Å²) in [5, 5.41) is 6.90. The standard InChI is InChI=1S/C17H24N6OS/c18-16-15(14(25)1-4-22-16)13-11-20-6-3-17(12-24-10-9-23-17)2-5-19-7-8-21-13/h1,4,7-8,11,19,23H,2-3,5-6,9-10,12H2,(H3,18,22,25)/b8-7+,20-11?,21-13?. The van der Waals surface area contributed by atoms with Gasteiger partial charge in [-0.3, -0.25) is 9.98 Å². The monoisotopic (exact) mass is 360 g/mol. The molecule has 1 aromatic heterocycles. The number of H-pyrrole nitrogens is 1. The Labute approximate surface area is 152 Å². The number of aliphatic imine (C=N–C) groups is 2. The smallest absolute Gasteiger partial charge is 0.111 e. The van der Waals surface area contributed by atoms with Crippen LogP contribution >= 0.6 is 12.2 Å². The van der Waals surface area contributed by atoms with E-state index < -0.39 is 0 Å². The third-order valence-corrected chi connectivity index (χ3v) is 4.80. The number of morpholine rings is 1. The summed E-state index contributed by atoms with van der Waals surface area (Å²) in [6.45, 7) is 3.88. The van der Waals surface area contributed by atoms with Crippen LogP contribution in [-0.4, -0.2) is 55.3 Å². The van der Waals surface area contributed by atoms with Gasteiger partial charge in [-0.25, -0.2) is 0 Å². The van der Waals surface area contributed by atoms with E-state index in [1.165, 1.54) is 0 Å². The van der Waals surface area contributed by atoms with Gasteiger partial charge in [0, 0.05) is 50.0 Å². The maximum atomic E-state index is 6.05. The van der Waals surface area contributed by atoms with E-state index in [1.54, 1.807) is 24.7 Å². The maximum absolute atomic E-state index is 6.05. The average Bonchev–Trinajstić information content (AvgIpc) is 2.60. The van der Waals surface area contributed by atoms with Crippen LogP contribution in [0.4, 0.5) is 5.82 Å². The van der Waals surface area contributed by atoms with Crippen molar-refractivity contribution in [2.24, 2.45) is 9.98 Å². The Balaban J connectivity index is 1.84. The molecule has 7 nitrogen and oxygen atoms in total. The van der Waals surface area contributed by atoms with E-state index in [0.717, 1.165) is 32.5 Å². The van der Waals surface area contributed by atoms with Crippen LogP contribution in [0.3, 0.4) is 0 Å². The fourth-order valence-corrected chi connectivity index (χ4v) is 3.35. The molecular formula is C17H24N6OS. The molecule has 25 heavy (non-hydrogen) atoms. The number of aromatic nitrogens is 1. The molecule has 1 spiro atoms. The van der Waals surface area contributed by atoms with Crippen LogP contribution in [0.2, 0.25) is 0 Å². The minimum Gasteiger partial charge on any atom is -0.390 e. The van der Waals surface area contributed by atoms with Crippen molar-refractivity contribution < 1.29 is 4.74 Å². The van der Waals surface area contributed by atoms with E-state index in [4.69, 9.17) is 22.7 Å². The number of nitrogen functional groups attached to an aromatic ring is 1. The van der Waals surface area contributed by atoms with Gasteiger partial charge in [-0.2, -0.15) is 0 Å². The van der Waals surface area contributed by atoms with Crippen molar-refractivity contribution in [3.05, 3.63) is 34.7 Å². The highest BCUT2D eigenvalue weighted by molar-refractivity contribution is 7.71. The molecule has 2 aliphatic rings. The van der Waals surface area contributed by atoms with Crippen LogP contribution < -0.4 is 16.4 Å². The number of nitrogens with two attached hydrogens (primary N) is 1. The van der Waals surface area contributed by atoms with Crippen molar-refractivity contribution in [2.45, 2.75) is 18.4 Å². The molecule has 1 fully saturated rings. The summed E-state index contributed by atoms with van der Waals surface area (Å²) >= 11 is 5.40. The number of hydrogen-bond acceptors (Lipinski definition) is 7. The second-order valence-corrected chi connectivity index (χ2v) is 6.65. The number of nitrogens with zero attached hydrogens (tertiary/aromatic N) is 2. The number of aromatic amines is 1. The van der Waals surface area contributed by atoms with E-state index in [1.807, 2.05) is 6.20 Å². The molecule has 3 rings (SSSR count). The van der Waals surface area contributed by atoms with Gasteiger partial charge in [0.1, 0.15) is 5.82 Å². The van der Waals surface area contributed by atoms with Gasteiger partial charge in [0.15, 0.2) is 0 Å². The summed E-state index contributed by atoms with van der Waals surface area (Å²) in [5.74, 6) is 0.491. The van der Waals surface area contributed by atoms with Crippen LogP contribution in [0.5, 0.6) is 0 Å². The predicted octanol–water partition coefficient (Wildman–Crippen LogP) is 1.40.